The molecule has 0 spiro atoms. The molecule has 12 nitrogen and oxygen atoms in total. The van der Waals surface area contributed by atoms with E-state index in [0.29, 0.717) is 17.2 Å². The molecule has 13 heteroatoms. The van der Waals surface area contributed by atoms with E-state index in [2.05, 4.69) is 33.2 Å². The number of imidazole rings is 3. The van der Waals surface area contributed by atoms with Crippen LogP contribution in [0.2, 0.25) is 0 Å². The molecule has 3 heterocycles. The number of ether oxygens (including phenoxy) is 5. The predicted molar refractivity (Wildman–Crippen MR) is 181 cm³/mol. The normalized spacial score (nSPS) is 10.1. The molecule has 0 saturated heterocycles. The van der Waals surface area contributed by atoms with Crippen molar-refractivity contribution in [2.75, 3.05) is 35.5 Å². The summed E-state index contributed by atoms with van der Waals surface area (Å²) in [6, 6.07) is 20.0. The maximum Gasteiger partial charge on any atom is 3.00 e. The first-order valence-corrected chi connectivity index (χ1v) is 14.6. The Morgan fingerprint density at radius 3 is 1.18 bits per heavy atom. The van der Waals surface area contributed by atoms with Crippen molar-refractivity contribution in [1.29, 1.82) is 0 Å². The molecule has 258 valence electrons. The van der Waals surface area contributed by atoms with Gasteiger partial charge in [-0.25, -0.2) is 0 Å². The third kappa shape index (κ3) is 9.96. The van der Waals surface area contributed by atoms with Crippen LogP contribution in [-0.4, -0.2) is 69.3 Å². The van der Waals surface area contributed by atoms with Gasteiger partial charge in [0.2, 0.25) is 0 Å². The van der Waals surface area contributed by atoms with E-state index in [1.165, 1.54) is 0 Å². The third-order valence-corrected chi connectivity index (χ3v) is 6.92. The van der Waals surface area contributed by atoms with Crippen LogP contribution in [0.1, 0.15) is 5.56 Å². The van der Waals surface area contributed by atoms with Crippen molar-refractivity contribution in [3.63, 3.8) is 0 Å². The van der Waals surface area contributed by atoms with E-state index < -0.39 is 0 Å². The molecular formula is C36H39IrN6O6. The van der Waals surface area contributed by atoms with Crippen LogP contribution in [-0.2, 0) is 47.9 Å². The Balaban J connectivity index is 0.000000197. The van der Waals surface area contributed by atoms with Crippen molar-refractivity contribution in [2.24, 2.45) is 21.1 Å². The molecule has 0 aliphatic heterocycles. The monoisotopic (exact) mass is 844 g/mol. The van der Waals surface area contributed by atoms with Gasteiger partial charge in [0, 0.05) is 73.6 Å². The largest absolute Gasteiger partial charge is 3.00 e. The summed E-state index contributed by atoms with van der Waals surface area (Å²) in [5.74, 6) is 3.52. The second-order valence-electron chi connectivity index (χ2n) is 10.3. The van der Waals surface area contributed by atoms with Gasteiger partial charge >= 0.3 is 20.1 Å². The Morgan fingerprint density at radius 1 is 0.551 bits per heavy atom. The summed E-state index contributed by atoms with van der Waals surface area (Å²) in [5.41, 5.74) is 5.73. The molecule has 0 aliphatic carbocycles. The number of hydrogen-bond donors (Lipinski definition) is 1. The molecule has 0 fully saturated rings. The van der Waals surface area contributed by atoms with Crippen molar-refractivity contribution in [1.82, 2.24) is 28.7 Å². The van der Waals surface area contributed by atoms with Crippen molar-refractivity contribution in [3.8, 4) is 62.5 Å². The quantitative estimate of drug-likeness (QED) is 0.196. The molecule has 3 aromatic carbocycles. The number of hydrogen-bond acceptors (Lipinski definition) is 9. The molecule has 49 heavy (non-hydrogen) atoms. The first kappa shape index (κ1) is 38.3. The summed E-state index contributed by atoms with van der Waals surface area (Å²) < 4.78 is 31.7. The third-order valence-electron chi connectivity index (χ3n) is 6.92. The summed E-state index contributed by atoms with van der Waals surface area (Å²) in [7, 11) is 13.8. The molecule has 0 unspecified atom stereocenters. The SMILES string of the molecule is COc1c[c-]c(-c2cn(C)cn2)c(OC)c1.COc1c[c-]c(-c2cn(C)cn2)c(OC)c1.COc1cc(CO)c[c-]c1-c1cn(C)cn1.[Ir+3]. The van der Waals surface area contributed by atoms with Crippen LogP contribution >= 0.6 is 0 Å². The van der Waals surface area contributed by atoms with Gasteiger partial charge in [-0.1, -0.05) is 40.5 Å². The molecule has 3 aromatic heterocycles. The fourth-order valence-corrected chi connectivity index (χ4v) is 4.47. The van der Waals surface area contributed by atoms with Crippen LogP contribution in [0.25, 0.3) is 33.8 Å². The summed E-state index contributed by atoms with van der Waals surface area (Å²) in [5, 5.41) is 9.03. The van der Waals surface area contributed by atoms with Crippen LogP contribution in [0.3, 0.4) is 0 Å². The number of benzene rings is 3. The first-order chi connectivity index (χ1) is 23.2. The van der Waals surface area contributed by atoms with Gasteiger partial charge in [-0.2, -0.15) is 0 Å². The number of nitrogens with zero attached hydrogens (tertiary/aromatic N) is 6. The molecule has 6 aromatic rings. The van der Waals surface area contributed by atoms with E-state index in [4.69, 9.17) is 28.8 Å². The summed E-state index contributed by atoms with van der Waals surface area (Å²) >= 11 is 0. The topological polar surface area (TPSA) is 120 Å². The fourth-order valence-electron chi connectivity index (χ4n) is 4.47. The Morgan fingerprint density at radius 2 is 0.898 bits per heavy atom. The molecule has 0 atom stereocenters. The zero-order valence-electron chi connectivity index (χ0n) is 28.6. The van der Waals surface area contributed by atoms with E-state index in [-0.39, 0.29) is 26.7 Å². The Kier molecular flexibility index (Phi) is 14.4. The second kappa shape index (κ2) is 18.4. The zero-order valence-corrected chi connectivity index (χ0v) is 31.0. The van der Waals surface area contributed by atoms with Crippen molar-refractivity contribution in [3.05, 3.63) is 97.7 Å². The van der Waals surface area contributed by atoms with E-state index in [9.17, 15) is 0 Å². The van der Waals surface area contributed by atoms with Gasteiger partial charge in [0.15, 0.2) is 0 Å². The summed E-state index contributed by atoms with van der Waals surface area (Å²) in [4.78, 5) is 12.8. The summed E-state index contributed by atoms with van der Waals surface area (Å²) in [6.07, 6.45) is 10.9. The molecule has 6 rings (SSSR count). The van der Waals surface area contributed by atoms with Crippen LogP contribution in [0.5, 0.6) is 28.7 Å². The van der Waals surface area contributed by atoms with Gasteiger partial charge < -0.3 is 42.5 Å². The van der Waals surface area contributed by atoms with Crippen LogP contribution in [0, 0.1) is 18.2 Å². The Labute approximate surface area is 300 Å². The van der Waals surface area contributed by atoms with Gasteiger partial charge in [-0.3, -0.25) is 15.0 Å². The van der Waals surface area contributed by atoms with Crippen molar-refractivity contribution in [2.45, 2.75) is 6.61 Å². The Bertz CT molecular complexity index is 1700. The molecular weight excluding hydrogens is 805 g/mol. The van der Waals surface area contributed by atoms with Crippen LogP contribution < -0.4 is 23.7 Å². The van der Waals surface area contributed by atoms with E-state index in [1.807, 2.05) is 65.6 Å². The number of methoxy groups -OCH3 is 5. The maximum absolute atomic E-state index is 9.03. The molecule has 0 amide bonds. The predicted octanol–water partition coefficient (Wildman–Crippen LogP) is 5.19. The smallest absolute Gasteiger partial charge is 0.540 e. The van der Waals surface area contributed by atoms with Crippen molar-refractivity contribution < 1.29 is 48.9 Å². The summed E-state index contributed by atoms with van der Waals surface area (Å²) in [6.45, 7) is -0.0185. The number of rotatable bonds is 9. The maximum atomic E-state index is 9.03. The molecule has 1 N–H and O–H groups in total. The molecule has 0 bridgehead atoms. The second-order valence-corrected chi connectivity index (χ2v) is 10.3. The van der Waals surface area contributed by atoms with Gasteiger partial charge in [-0.15, -0.1) is 36.4 Å². The number of aliphatic hydroxyl groups excluding tert-OH is 1. The van der Waals surface area contributed by atoms with E-state index in [0.717, 1.165) is 50.8 Å². The van der Waals surface area contributed by atoms with Crippen molar-refractivity contribution >= 4 is 0 Å². The minimum Gasteiger partial charge on any atom is -0.540 e. The minimum absolute atomic E-state index is 0. The Hall–Kier alpha value is -5.10. The van der Waals surface area contributed by atoms with E-state index in [1.54, 1.807) is 78.8 Å². The van der Waals surface area contributed by atoms with Gasteiger partial charge in [-0.05, 0) is 18.6 Å². The number of aromatic nitrogens is 6. The van der Waals surface area contributed by atoms with Gasteiger partial charge in [0.25, 0.3) is 0 Å². The number of aliphatic hydroxyl groups is 1. The van der Waals surface area contributed by atoms with Crippen LogP contribution in [0.15, 0.2) is 74.0 Å². The molecule has 0 saturated carbocycles. The van der Waals surface area contributed by atoms with Gasteiger partial charge in [0.1, 0.15) is 0 Å². The van der Waals surface area contributed by atoms with E-state index >= 15 is 0 Å². The number of aryl methyl sites for hydroxylation is 3. The van der Waals surface area contributed by atoms with Gasteiger partial charge in [0.05, 0.1) is 54.5 Å². The average Bonchev–Trinajstić information content (AvgIpc) is 3.88. The average molecular weight is 844 g/mol. The zero-order chi connectivity index (χ0) is 34.6. The first-order valence-electron chi connectivity index (χ1n) is 14.6. The molecule has 0 radical (unpaired) electrons. The van der Waals surface area contributed by atoms with Crippen LogP contribution in [0.4, 0.5) is 0 Å². The fraction of sp³-hybridized carbons (Fsp3) is 0.250. The standard InChI is InChI=1S/3C12H13N2O2.Ir/c2*1-14-7-11(13-8-14)10-5-4-9(15-2)6-12(10)16-3;1-14-6-11(13-8-14)10-4-3-9(7-15)5-12(10)16-2;/h2*4,6-8H,1-3H3;3,5-6,8,15H,7H2,1-2H3;/q3*-1;+3. The minimum atomic E-state index is -0.0185. The molecule has 0 aliphatic rings.